The van der Waals surface area contributed by atoms with Crippen LogP contribution in [0, 0.1) is 0 Å². The maximum atomic E-state index is 3.66. The molecule has 2 unspecified atom stereocenters. The number of benzene rings is 1. The average Bonchev–Trinajstić information content (AvgIpc) is 2.53. The Morgan fingerprint density at radius 3 is 3.20 bits per heavy atom. The van der Waals surface area contributed by atoms with Gasteiger partial charge in [-0.3, -0.25) is 0 Å². The molecule has 2 N–H and O–H groups in total. The Morgan fingerprint density at radius 2 is 2.33 bits per heavy atom. The number of para-hydroxylation sites is 1. The highest BCUT2D eigenvalue weighted by Gasteiger charge is 2.44. The van der Waals surface area contributed by atoms with Gasteiger partial charge in [-0.05, 0) is 40.5 Å². The topological polar surface area (TPSA) is 24.1 Å². The Bertz CT molecular complexity index is 405. The van der Waals surface area contributed by atoms with E-state index in [1.54, 1.807) is 0 Å². The zero-order valence-corrected chi connectivity index (χ0v) is 10.4. The van der Waals surface area contributed by atoms with Gasteiger partial charge in [0.2, 0.25) is 0 Å². The molecule has 0 amide bonds. The van der Waals surface area contributed by atoms with Crippen molar-refractivity contribution in [3.8, 4) is 0 Å². The monoisotopic (exact) mass is 266 g/mol. The number of piperidine rings is 1. The van der Waals surface area contributed by atoms with Crippen molar-refractivity contribution < 1.29 is 0 Å². The van der Waals surface area contributed by atoms with Crippen molar-refractivity contribution in [2.75, 3.05) is 18.4 Å². The van der Waals surface area contributed by atoms with Gasteiger partial charge in [-0.2, -0.15) is 0 Å². The Balaban J connectivity index is 2.14. The van der Waals surface area contributed by atoms with Gasteiger partial charge in [-0.15, -0.1) is 0 Å². The zero-order chi connectivity index (χ0) is 10.5. The summed E-state index contributed by atoms with van der Waals surface area (Å²) in [6.07, 6.45) is 1.21. The van der Waals surface area contributed by atoms with Gasteiger partial charge in [0.05, 0.1) is 5.69 Å². The van der Waals surface area contributed by atoms with Crippen LogP contribution in [0.3, 0.4) is 0 Å². The molecule has 2 atom stereocenters. The lowest BCUT2D eigenvalue weighted by Crippen LogP contribution is -2.50. The fraction of sp³-hybridized carbons (Fsp3) is 0.500. The number of anilines is 1. The Kier molecular flexibility index (Phi) is 2.08. The summed E-state index contributed by atoms with van der Waals surface area (Å²) in [5.74, 6) is 0. The van der Waals surface area contributed by atoms with E-state index in [-0.39, 0.29) is 5.41 Å². The minimum atomic E-state index is 0.261. The first-order chi connectivity index (χ1) is 7.22. The molecule has 1 aromatic rings. The number of halogens is 1. The summed E-state index contributed by atoms with van der Waals surface area (Å²) < 4.78 is 1.19. The van der Waals surface area contributed by atoms with Gasteiger partial charge in [0.15, 0.2) is 0 Å². The minimum absolute atomic E-state index is 0.261. The van der Waals surface area contributed by atoms with Crippen molar-refractivity contribution in [3.05, 3.63) is 28.2 Å². The van der Waals surface area contributed by atoms with Gasteiger partial charge in [0.1, 0.15) is 0 Å². The van der Waals surface area contributed by atoms with Gasteiger partial charge < -0.3 is 10.6 Å². The third kappa shape index (κ3) is 1.26. The quantitative estimate of drug-likeness (QED) is 0.754. The Hall–Kier alpha value is -0.540. The summed E-state index contributed by atoms with van der Waals surface area (Å²) in [4.78, 5) is 0. The third-order valence-corrected chi connectivity index (χ3v) is 4.48. The average molecular weight is 267 g/mol. The van der Waals surface area contributed by atoms with E-state index in [1.807, 2.05) is 0 Å². The molecule has 3 rings (SSSR count). The van der Waals surface area contributed by atoms with E-state index < -0.39 is 0 Å². The normalized spacial score (nSPS) is 33.1. The highest BCUT2D eigenvalue weighted by molar-refractivity contribution is 9.10. The van der Waals surface area contributed by atoms with Crippen LogP contribution in [0.4, 0.5) is 5.69 Å². The van der Waals surface area contributed by atoms with Crippen LogP contribution in [0.2, 0.25) is 0 Å². The van der Waals surface area contributed by atoms with Crippen molar-refractivity contribution in [1.82, 2.24) is 5.32 Å². The van der Waals surface area contributed by atoms with Gasteiger partial charge >= 0.3 is 0 Å². The van der Waals surface area contributed by atoms with Crippen molar-refractivity contribution in [3.63, 3.8) is 0 Å². The first-order valence-electron chi connectivity index (χ1n) is 5.48. The lowest BCUT2D eigenvalue weighted by atomic mass is 9.75. The van der Waals surface area contributed by atoms with Crippen molar-refractivity contribution in [2.45, 2.75) is 24.8 Å². The van der Waals surface area contributed by atoms with E-state index in [4.69, 9.17) is 0 Å². The van der Waals surface area contributed by atoms with Crippen LogP contribution < -0.4 is 10.6 Å². The van der Waals surface area contributed by atoms with Crippen LogP contribution in [0.5, 0.6) is 0 Å². The molecule has 80 valence electrons. The number of nitrogens with one attached hydrogen (secondary N) is 2. The minimum Gasteiger partial charge on any atom is -0.380 e. The molecular weight excluding hydrogens is 252 g/mol. The maximum absolute atomic E-state index is 3.66. The van der Waals surface area contributed by atoms with Crippen LogP contribution in [-0.2, 0) is 5.41 Å². The molecule has 2 nitrogen and oxygen atoms in total. The fourth-order valence-corrected chi connectivity index (χ4v) is 3.35. The molecule has 2 heterocycles. The molecule has 2 aliphatic rings. The van der Waals surface area contributed by atoms with E-state index >= 15 is 0 Å². The molecule has 1 saturated heterocycles. The second kappa shape index (κ2) is 3.22. The second-order valence-electron chi connectivity index (χ2n) is 4.74. The summed E-state index contributed by atoms with van der Waals surface area (Å²) >= 11 is 3.62. The van der Waals surface area contributed by atoms with E-state index in [2.05, 4.69) is 51.7 Å². The summed E-state index contributed by atoms with van der Waals surface area (Å²) in [5.41, 5.74) is 3.01. The van der Waals surface area contributed by atoms with Crippen LogP contribution >= 0.6 is 15.9 Å². The lowest BCUT2D eigenvalue weighted by Gasteiger charge is -2.36. The highest BCUT2D eigenvalue weighted by atomic mass is 79.9. The molecule has 3 heteroatoms. The number of hydrogen-bond acceptors (Lipinski definition) is 2. The van der Waals surface area contributed by atoms with Crippen LogP contribution in [0.15, 0.2) is 22.7 Å². The molecule has 1 aromatic carbocycles. The predicted octanol–water partition coefficient (Wildman–Crippen LogP) is 2.49. The van der Waals surface area contributed by atoms with Gasteiger partial charge in [-0.25, -0.2) is 0 Å². The molecule has 0 radical (unpaired) electrons. The summed E-state index contributed by atoms with van der Waals surface area (Å²) in [7, 11) is 0. The summed E-state index contributed by atoms with van der Waals surface area (Å²) in [6.45, 7) is 4.56. The van der Waals surface area contributed by atoms with Crippen LogP contribution in [-0.4, -0.2) is 19.1 Å². The zero-order valence-electron chi connectivity index (χ0n) is 8.81. The number of hydrogen-bond donors (Lipinski definition) is 2. The number of rotatable bonds is 0. The van der Waals surface area contributed by atoms with Crippen molar-refractivity contribution in [2.24, 2.45) is 0 Å². The van der Waals surface area contributed by atoms with Gasteiger partial charge in [0, 0.05) is 22.5 Å². The molecule has 2 aliphatic heterocycles. The van der Waals surface area contributed by atoms with Gasteiger partial charge in [0.25, 0.3) is 0 Å². The predicted molar refractivity (Wildman–Crippen MR) is 66.4 cm³/mol. The molecule has 0 spiro atoms. The van der Waals surface area contributed by atoms with E-state index in [0.29, 0.717) is 6.04 Å². The third-order valence-electron chi connectivity index (χ3n) is 3.82. The molecule has 15 heavy (non-hydrogen) atoms. The second-order valence-corrected chi connectivity index (χ2v) is 5.60. The van der Waals surface area contributed by atoms with Crippen LogP contribution in [0.25, 0.3) is 0 Å². The Labute approximate surface area is 98.6 Å². The SMILES string of the molecule is CC12CNCCC1Nc1c(Br)cccc12. The van der Waals surface area contributed by atoms with Crippen LogP contribution in [0.1, 0.15) is 18.9 Å². The van der Waals surface area contributed by atoms with E-state index in [0.717, 1.165) is 13.1 Å². The number of fused-ring (bicyclic) bond motifs is 3. The van der Waals surface area contributed by atoms with E-state index in [9.17, 15) is 0 Å². The molecule has 0 bridgehead atoms. The Morgan fingerprint density at radius 1 is 1.47 bits per heavy atom. The standard InChI is InChI=1S/C12H15BrN2/c1-12-7-14-6-5-10(12)15-11-8(12)3-2-4-9(11)13/h2-4,10,14-15H,5-7H2,1H3. The molecule has 0 aliphatic carbocycles. The summed E-state index contributed by atoms with van der Waals surface area (Å²) in [5, 5.41) is 7.16. The molecule has 0 aromatic heterocycles. The fourth-order valence-electron chi connectivity index (χ4n) is 2.87. The molecule has 1 fully saturated rings. The molecule has 0 saturated carbocycles. The van der Waals surface area contributed by atoms with Gasteiger partial charge in [-0.1, -0.05) is 19.1 Å². The van der Waals surface area contributed by atoms with Crippen molar-refractivity contribution in [1.29, 1.82) is 0 Å². The summed E-state index contributed by atoms with van der Waals surface area (Å²) in [6, 6.07) is 7.08. The van der Waals surface area contributed by atoms with Crippen molar-refractivity contribution >= 4 is 21.6 Å². The first-order valence-corrected chi connectivity index (χ1v) is 6.27. The maximum Gasteiger partial charge on any atom is 0.0526 e. The van der Waals surface area contributed by atoms with E-state index in [1.165, 1.54) is 22.1 Å². The lowest BCUT2D eigenvalue weighted by molar-refractivity contribution is 0.324. The highest BCUT2D eigenvalue weighted by Crippen LogP contribution is 2.46. The first kappa shape index (κ1) is 9.67. The smallest absolute Gasteiger partial charge is 0.0526 e. The largest absolute Gasteiger partial charge is 0.380 e. The molecular formula is C12H15BrN2.